The van der Waals surface area contributed by atoms with Crippen LogP contribution in [0.3, 0.4) is 0 Å². The Morgan fingerprint density at radius 1 is 1.16 bits per heavy atom. The maximum Gasteiger partial charge on any atom is 0.416 e. The van der Waals surface area contributed by atoms with Crippen LogP contribution >= 0.6 is 0 Å². The van der Waals surface area contributed by atoms with Crippen molar-refractivity contribution in [3.8, 4) is 0 Å². The maximum absolute atomic E-state index is 12.9. The summed E-state index contributed by atoms with van der Waals surface area (Å²) in [5.74, 6) is -1.57. The molecule has 2 atom stereocenters. The van der Waals surface area contributed by atoms with Gasteiger partial charge in [-0.25, -0.2) is 4.79 Å². The summed E-state index contributed by atoms with van der Waals surface area (Å²) in [7, 11) is 0. The molecule has 1 aliphatic heterocycles. The molecule has 1 aromatic rings. The second-order valence-corrected chi connectivity index (χ2v) is 6.40. The average molecular weight is 357 g/mol. The van der Waals surface area contributed by atoms with E-state index in [1.807, 2.05) is 0 Å². The van der Waals surface area contributed by atoms with Gasteiger partial charge >= 0.3 is 12.1 Å². The Morgan fingerprint density at radius 3 is 2.48 bits per heavy atom. The molecule has 1 amide bonds. The first kappa shape index (κ1) is 17.7. The van der Waals surface area contributed by atoms with Crippen LogP contribution in [0, 0.1) is 0 Å². The zero-order valence-corrected chi connectivity index (χ0v) is 13.3. The number of hydrogen-bond acceptors (Lipinski definition) is 3. The van der Waals surface area contributed by atoms with E-state index in [1.54, 1.807) is 4.90 Å². The molecule has 0 aromatic heterocycles. The molecule has 0 unspecified atom stereocenters. The smallest absolute Gasteiger partial charge is 0.416 e. The SMILES string of the molecule is O=C(O)[C@@H]1C[C@H](N(C(=O)c2cccc(C(F)(F)F)c2)C2CC2)CCO1. The van der Waals surface area contributed by atoms with E-state index in [4.69, 9.17) is 9.84 Å². The number of carbonyl (C=O) groups excluding carboxylic acids is 1. The first-order chi connectivity index (χ1) is 11.8. The number of rotatable bonds is 4. The van der Waals surface area contributed by atoms with Crippen LogP contribution in [0.1, 0.15) is 41.6 Å². The monoisotopic (exact) mass is 357 g/mol. The molecular weight excluding hydrogens is 339 g/mol. The summed E-state index contributed by atoms with van der Waals surface area (Å²) in [4.78, 5) is 25.6. The topological polar surface area (TPSA) is 66.8 Å². The summed E-state index contributed by atoms with van der Waals surface area (Å²) in [6, 6.07) is 3.97. The predicted molar refractivity (Wildman–Crippen MR) is 81.0 cm³/mol. The summed E-state index contributed by atoms with van der Waals surface area (Å²) in [5, 5.41) is 9.12. The number of carboxylic acids is 1. The normalized spacial score (nSPS) is 24.0. The lowest BCUT2D eigenvalue weighted by Crippen LogP contribution is -2.48. The van der Waals surface area contributed by atoms with Gasteiger partial charge in [-0.1, -0.05) is 6.07 Å². The number of carboxylic acid groups (broad SMARTS) is 1. The van der Waals surface area contributed by atoms with Gasteiger partial charge < -0.3 is 14.7 Å². The highest BCUT2D eigenvalue weighted by atomic mass is 19.4. The second kappa shape index (κ2) is 6.67. The number of nitrogens with zero attached hydrogens (tertiary/aromatic N) is 1. The van der Waals surface area contributed by atoms with Crippen molar-refractivity contribution in [1.82, 2.24) is 4.90 Å². The molecule has 1 saturated heterocycles. The zero-order valence-electron chi connectivity index (χ0n) is 13.3. The number of benzene rings is 1. The molecule has 1 aliphatic carbocycles. The third kappa shape index (κ3) is 3.95. The summed E-state index contributed by atoms with van der Waals surface area (Å²) in [6.45, 7) is 0.209. The molecule has 1 heterocycles. The molecule has 136 valence electrons. The number of hydrogen-bond donors (Lipinski definition) is 1. The van der Waals surface area contributed by atoms with Crippen LogP contribution in [0.2, 0.25) is 0 Å². The van der Waals surface area contributed by atoms with E-state index in [9.17, 15) is 22.8 Å². The minimum atomic E-state index is -4.52. The Morgan fingerprint density at radius 2 is 1.88 bits per heavy atom. The van der Waals surface area contributed by atoms with E-state index in [1.165, 1.54) is 12.1 Å². The van der Waals surface area contributed by atoms with Crippen molar-refractivity contribution in [2.45, 2.75) is 50.0 Å². The van der Waals surface area contributed by atoms with Gasteiger partial charge in [0.15, 0.2) is 6.10 Å². The first-order valence-electron chi connectivity index (χ1n) is 8.11. The van der Waals surface area contributed by atoms with Gasteiger partial charge in [0.2, 0.25) is 0 Å². The summed E-state index contributed by atoms with van der Waals surface area (Å²) < 4.78 is 43.9. The molecule has 25 heavy (non-hydrogen) atoms. The quantitative estimate of drug-likeness (QED) is 0.900. The maximum atomic E-state index is 12.9. The molecule has 8 heteroatoms. The third-order valence-corrected chi connectivity index (χ3v) is 4.54. The number of halogens is 3. The molecule has 0 bridgehead atoms. The largest absolute Gasteiger partial charge is 0.479 e. The van der Waals surface area contributed by atoms with E-state index < -0.39 is 29.7 Å². The number of alkyl halides is 3. The standard InChI is InChI=1S/C17H18F3NO4/c18-17(19,20)11-3-1-2-10(8-11)15(22)21(12-4-5-12)13-6-7-25-14(9-13)16(23)24/h1-3,8,12-14H,4-7,9H2,(H,23,24)/t13-,14+/m1/s1. The number of amides is 1. The lowest BCUT2D eigenvalue weighted by molar-refractivity contribution is -0.155. The fourth-order valence-corrected chi connectivity index (χ4v) is 3.16. The molecule has 1 N–H and O–H groups in total. The molecule has 0 spiro atoms. The van der Waals surface area contributed by atoms with E-state index in [-0.39, 0.29) is 30.7 Å². The first-order valence-corrected chi connectivity index (χ1v) is 8.11. The minimum Gasteiger partial charge on any atom is -0.479 e. The van der Waals surface area contributed by atoms with Gasteiger partial charge in [-0.15, -0.1) is 0 Å². The Bertz CT molecular complexity index is 672. The van der Waals surface area contributed by atoms with Gasteiger partial charge in [-0.05, 0) is 37.5 Å². The van der Waals surface area contributed by atoms with Crippen LogP contribution in [0.5, 0.6) is 0 Å². The van der Waals surface area contributed by atoms with Crippen molar-refractivity contribution in [2.75, 3.05) is 6.61 Å². The van der Waals surface area contributed by atoms with E-state index >= 15 is 0 Å². The minimum absolute atomic E-state index is 0.0277. The summed E-state index contributed by atoms with van der Waals surface area (Å²) >= 11 is 0. The predicted octanol–water partition coefficient (Wildman–Crippen LogP) is 2.94. The molecule has 2 aliphatic rings. The molecule has 2 fully saturated rings. The van der Waals surface area contributed by atoms with E-state index in [0.29, 0.717) is 6.42 Å². The number of aliphatic carboxylic acids is 1. The summed E-state index contributed by atoms with van der Waals surface area (Å²) in [6.07, 6.45) is -3.33. The van der Waals surface area contributed by atoms with Gasteiger partial charge in [0.25, 0.3) is 5.91 Å². The van der Waals surface area contributed by atoms with Crippen LogP contribution in [0.4, 0.5) is 13.2 Å². The Balaban J connectivity index is 1.84. The molecule has 1 saturated carbocycles. The zero-order chi connectivity index (χ0) is 18.2. The molecule has 3 rings (SSSR count). The van der Waals surface area contributed by atoms with Gasteiger partial charge in [-0.2, -0.15) is 13.2 Å². The fraction of sp³-hybridized carbons (Fsp3) is 0.529. The van der Waals surface area contributed by atoms with E-state index in [0.717, 1.165) is 25.0 Å². The van der Waals surface area contributed by atoms with Crippen LogP contribution in [0.25, 0.3) is 0 Å². The van der Waals surface area contributed by atoms with Gasteiger partial charge in [0.1, 0.15) is 0 Å². The number of ether oxygens (including phenoxy) is 1. The third-order valence-electron chi connectivity index (χ3n) is 4.54. The van der Waals surface area contributed by atoms with Crippen LogP contribution < -0.4 is 0 Å². The van der Waals surface area contributed by atoms with Crippen molar-refractivity contribution >= 4 is 11.9 Å². The molecule has 5 nitrogen and oxygen atoms in total. The van der Waals surface area contributed by atoms with Crippen molar-refractivity contribution < 1.29 is 32.6 Å². The molecule has 0 radical (unpaired) electrons. The van der Waals surface area contributed by atoms with Gasteiger partial charge in [-0.3, -0.25) is 4.79 Å². The lowest BCUT2D eigenvalue weighted by atomic mass is 9.99. The lowest BCUT2D eigenvalue weighted by Gasteiger charge is -2.36. The van der Waals surface area contributed by atoms with Gasteiger partial charge in [0.05, 0.1) is 5.56 Å². The van der Waals surface area contributed by atoms with Crippen molar-refractivity contribution in [3.05, 3.63) is 35.4 Å². The van der Waals surface area contributed by atoms with Crippen LogP contribution in [-0.4, -0.2) is 46.7 Å². The second-order valence-electron chi connectivity index (χ2n) is 6.40. The summed E-state index contributed by atoms with van der Waals surface area (Å²) in [5.41, 5.74) is -0.899. The van der Waals surface area contributed by atoms with Gasteiger partial charge in [0, 0.05) is 30.7 Å². The number of carbonyl (C=O) groups is 2. The average Bonchev–Trinajstić information content (AvgIpc) is 3.39. The highest BCUT2D eigenvalue weighted by Crippen LogP contribution is 2.35. The molecule has 1 aromatic carbocycles. The van der Waals surface area contributed by atoms with Crippen LogP contribution in [0.15, 0.2) is 24.3 Å². The van der Waals surface area contributed by atoms with Crippen molar-refractivity contribution in [3.63, 3.8) is 0 Å². The highest BCUT2D eigenvalue weighted by Gasteiger charge is 2.41. The van der Waals surface area contributed by atoms with Crippen molar-refractivity contribution in [2.24, 2.45) is 0 Å². The molecular formula is C17H18F3NO4. The fourth-order valence-electron chi connectivity index (χ4n) is 3.16. The van der Waals surface area contributed by atoms with Crippen molar-refractivity contribution in [1.29, 1.82) is 0 Å². The Hall–Kier alpha value is -2.09. The highest BCUT2D eigenvalue weighted by molar-refractivity contribution is 5.95. The van der Waals surface area contributed by atoms with E-state index in [2.05, 4.69) is 0 Å². The Kier molecular flexibility index (Phi) is 4.73. The Labute approximate surface area is 142 Å². The van der Waals surface area contributed by atoms with Crippen LogP contribution in [-0.2, 0) is 15.7 Å².